The number of Topliss-reactive ketones (excluding diaryl/α,β-unsaturated/α-hetero) is 1. The van der Waals surface area contributed by atoms with E-state index in [1.54, 1.807) is 24.9 Å². The van der Waals surface area contributed by atoms with Crippen LogP contribution >= 0.6 is 0 Å². The predicted molar refractivity (Wildman–Crippen MR) is 100 cm³/mol. The summed E-state index contributed by atoms with van der Waals surface area (Å²) in [6, 6.07) is 7.40. The Bertz CT molecular complexity index is 830. The van der Waals surface area contributed by atoms with Crippen molar-refractivity contribution >= 4 is 28.5 Å². The molecular weight excluding hydrogens is 330 g/mol. The van der Waals surface area contributed by atoms with Crippen molar-refractivity contribution in [2.24, 2.45) is 0 Å². The summed E-state index contributed by atoms with van der Waals surface area (Å²) in [5.41, 5.74) is 1.15. The van der Waals surface area contributed by atoms with Crippen LogP contribution in [0.25, 0.3) is 10.9 Å². The van der Waals surface area contributed by atoms with E-state index < -0.39 is 11.7 Å². The summed E-state index contributed by atoms with van der Waals surface area (Å²) in [7, 11) is 3.12. The van der Waals surface area contributed by atoms with Crippen molar-refractivity contribution < 1.29 is 14.4 Å². The van der Waals surface area contributed by atoms with Gasteiger partial charge >= 0.3 is 0 Å². The Morgan fingerprint density at radius 3 is 2.31 bits per heavy atom. The molecule has 1 saturated heterocycles. The lowest BCUT2D eigenvalue weighted by Gasteiger charge is -2.20. The van der Waals surface area contributed by atoms with E-state index in [9.17, 15) is 14.4 Å². The first-order chi connectivity index (χ1) is 12.5. The van der Waals surface area contributed by atoms with Gasteiger partial charge in [0.25, 0.3) is 11.7 Å². The van der Waals surface area contributed by atoms with Gasteiger partial charge in [-0.05, 0) is 18.9 Å². The minimum absolute atomic E-state index is 0.0607. The molecule has 0 saturated carbocycles. The average molecular weight is 355 g/mol. The molecule has 2 aromatic rings. The van der Waals surface area contributed by atoms with Gasteiger partial charge in [-0.25, -0.2) is 0 Å². The molecule has 2 amide bonds. The first-order valence-corrected chi connectivity index (χ1v) is 9.10. The Kier molecular flexibility index (Phi) is 5.40. The van der Waals surface area contributed by atoms with Crippen molar-refractivity contribution in [3.63, 3.8) is 0 Å². The van der Waals surface area contributed by atoms with Gasteiger partial charge in [0, 0.05) is 44.3 Å². The number of carbonyl (C=O) groups is 3. The van der Waals surface area contributed by atoms with Gasteiger partial charge in [0.1, 0.15) is 6.54 Å². The minimum Gasteiger partial charge on any atom is -0.342 e. The van der Waals surface area contributed by atoms with Gasteiger partial charge in [-0.1, -0.05) is 31.0 Å². The number of ketones is 1. The molecule has 0 spiro atoms. The number of benzene rings is 1. The lowest BCUT2D eigenvalue weighted by molar-refractivity contribution is -0.131. The average Bonchev–Trinajstić information content (AvgIpc) is 2.82. The molecule has 1 aliphatic rings. The number of likely N-dealkylation sites (N-methyl/N-ethyl adjacent to an activating group) is 1. The van der Waals surface area contributed by atoms with Crippen molar-refractivity contribution in [1.82, 2.24) is 14.4 Å². The number of aromatic nitrogens is 1. The van der Waals surface area contributed by atoms with Gasteiger partial charge in [-0.15, -0.1) is 0 Å². The predicted octanol–water partition coefficient (Wildman–Crippen LogP) is 2.31. The van der Waals surface area contributed by atoms with Gasteiger partial charge in [0.15, 0.2) is 0 Å². The third-order valence-electron chi connectivity index (χ3n) is 4.90. The maximum atomic E-state index is 12.7. The number of fused-ring (bicyclic) bond motifs is 1. The molecule has 0 aliphatic carbocycles. The SMILES string of the molecule is CN(C)C(=O)C(=O)c1cn(CC(=O)N2CCCCCC2)c2ccccc12. The normalized spacial score (nSPS) is 14.9. The molecular formula is C20H25N3O3. The van der Waals surface area contributed by atoms with E-state index >= 15 is 0 Å². The summed E-state index contributed by atoms with van der Waals surface area (Å²) < 4.78 is 1.79. The Labute approximate surface area is 153 Å². The molecule has 1 aromatic carbocycles. The van der Waals surface area contributed by atoms with E-state index in [1.807, 2.05) is 29.2 Å². The van der Waals surface area contributed by atoms with Crippen molar-refractivity contribution in [2.45, 2.75) is 32.2 Å². The van der Waals surface area contributed by atoms with E-state index in [2.05, 4.69) is 0 Å². The molecule has 1 aliphatic heterocycles. The zero-order valence-corrected chi connectivity index (χ0v) is 15.4. The van der Waals surface area contributed by atoms with Gasteiger partial charge < -0.3 is 14.4 Å². The monoisotopic (exact) mass is 355 g/mol. The fraction of sp³-hybridized carbons (Fsp3) is 0.450. The van der Waals surface area contributed by atoms with Gasteiger partial charge in [0.2, 0.25) is 5.91 Å². The van der Waals surface area contributed by atoms with Gasteiger partial charge in [-0.3, -0.25) is 14.4 Å². The molecule has 0 N–H and O–H groups in total. The van der Waals surface area contributed by atoms with Crippen LogP contribution in [0, 0.1) is 0 Å². The third-order valence-corrected chi connectivity index (χ3v) is 4.90. The largest absolute Gasteiger partial charge is 0.342 e. The zero-order valence-electron chi connectivity index (χ0n) is 15.4. The lowest BCUT2D eigenvalue weighted by Crippen LogP contribution is -2.34. The zero-order chi connectivity index (χ0) is 18.7. The summed E-state index contributed by atoms with van der Waals surface area (Å²) >= 11 is 0. The van der Waals surface area contributed by atoms with Crippen molar-refractivity contribution in [2.75, 3.05) is 27.2 Å². The highest BCUT2D eigenvalue weighted by Gasteiger charge is 2.24. The lowest BCUT2D eigenvalue weighted by atomic mass is 10.1. The Morgan fingerprint density at radius 2 is 1.65 bits per heavy atom. The number of likely N-dealkylation sites (tertiary alicyclic amines) is 1. The Hall–Kier alpha value is -2.63. The van der Waals surface area contributed by atoms with Crippen LogP contribution in [0.3, 0.4) is 0 Å². The van der Waals surface area contributed by atoms with Crippen LogP contribution in [0.5, 0.6) is 0 Å². The Balaban J connectivity index is 1.90. The number of amides is 2. The molecule has 1 aromatic heterocycles. The van der Waals surface area contributed by atoms with Crippen LogP contribution in [-0.2, 0) is 16.1 Å². The number of hydrogen-bond acceptors (Lipinski definition) is 3. The van der Waals surface area contributed by atoms with Gasteiger partial charge in [-0.2, -0.15) is 0 Å². The van der Waals surface area contributed by atoms with E-state index in [4.69, 9.17) is 0 Å². The second-order valence-electron chi connectivity index (χ2n) is 7.01. The van der Waals surface area contributed by atoms with Crippen LogP contribution in [-0.4, -0.2) is 59.1 Å². The number of nitrogens with zero attached hydrogens (tertiary/aromatic N) is 3. The summed E-state index contributed by atoms with van der Waals surface area (Å²) in [6.07, 6.45) is 6.06. The van der Waals surface area contributed by atoms with Crippen LogP contribution in [0.2, 0.25) is 0 Å². The summed E-state index contributed by atoms with van der Waals surface area (Å²) in [4.78, 5) is 40.6. The number of carbonyl (C=O) groups excluding carboxylic acids is 3. The topological polar surface area (TPSA) is 62.6 Å². The molecule has 0 unspecified atom stereocenters. The molecule has 0 atom stereocenters. The third kappa shape index (κ3) is 3.64. The standard InChI is InChI=1S/C20H25N3O3/c1-21(2)20(26)19(25)16-13-23(17-10-6-5-9-15(16)17)14-18(24)22-11-7-3-4-8-12-22/h5-6,9-10,13H,3-4,7-8,11-12,14H2,1-2H3. The maximum Gasteiger partial charge on any atom is 0.294 e. The van der Waals surface area contributed by atoms with Crippen molar-refractivity contribution in [3.8, 4) is 0 Å². The van der Waals surface area contributed by atoms with E-state index in [0.29, 0.717) is 10.9 Å². The molecule has 3 rings (SSSR count). The van der Waals surface area contributed by atoms with E-state index in [-0.39, 0.29) is 12.5 Å². The highest BCUT2D eigenvalue weighted by molar-refractivity contribution is 6.44. The van der Waals surface area contributed by atoms with Crippen LogP contribution < -0.4 is 0 Å². The second kappa shape index (κ2) is 7.72. The highest BCUT2D eigenvalue weighted by Crippen LogP contribution is 2.23. The molecule has 138 valence electrons. The summed E-state index contributed by atoms with van der Waals surface area (Å²) in [5.74, 6) is -1.05. The quantitative estimate of drug-likeness (QED) is 0.625. The summed E-state index contributed by atoms with van der Waals surface area (Å²) in [6.45, 7) is 1.77. The molecule has 6 heteroatoms. The number of hydrogen-bond donors (Lipinski definition) is 0. The molecule has 26 heavy (non-hydrogen) atoms. The smallest absolute Gasteiger partial charge is 0.294 e. The first kappa shape index (κ1) is 18.2. The van der Waals surface area contributed by atoms with E-state index in [0.717, 1.165) is 31.4 Å². The number of rotatable bonds is 4. The highest BCUT2D eigenvalue weighted by atomic mass is 16.2. The first-order valence-electron chi connectivity index (χ1n) is 9.10. The maximum absolute atomic E-state index is 12.7. The van der Waals surface area contributed by atoms with Crippen LogP contribution in [0.15, 0.2) is 30.5 Å². The van der Waals surface area contributed by atoms with Crippen molar-refractivity contribution in [1.29, 1.82) is 0 Å². The molecule has 1 fully saturated rings. The minimum atomic E-state index is -0.563. The van der Waals surface area contributed by atoms with E-state index in [1.165, 1.54) is 17.7 Å². The van der Waals surface area contributed by atoms with Crippen molar-refractivity contribution in [3.05, 3.63) is 36.0 Å². The fourth-order valence-corrected chi connectivity index (χ4v) is 3.44. The molecule has 0 radical (unpaired) electrons. The molecule has 0 bridgehead atoms. The molecule has 2 heterocycles. The van der Waals surface area contributed by atoms with Crippen LogP contribution in [0.1, 0.15) is 36.0 Å². The second-order valence-corrected chi connectivity index (χ2v) is 7.01. The van der Waals surface area contributed by atoms with Gasteiger partial charge in [0.05, 0.1) is 5.56 Å². The Morgan fingerprint density at radius 1 is 1.00 bits per heavy atom. The number of para-hydroxylation sites is 1. The molecule has 6 nitrogen and oxygen atoms in total. The summed E-state index contributed by atoms with van der Waals surface area (Å²) in [5, 5.41) is 0.705. The van der Waals surface area contributed by atoms with Crippen LogP contribution in [0.4, 0.5) is 0 Å². The fourth-order valence-electron chi connectivity index (χ4n) is 3.44.